The lowest BCUT2D eigenvalue weighted by molar-refractivity contribution is -0.190. The van der Waals surface area contributed by atoms with Crippen LogP contribution in [0.15, 0.2) is 0 Å². The Bertz CT molecular complexity index is 119. The molecule has 3 heteroatoms. The zero-order valence-electron chi connectivity index (χ0n) is 8.37. The number of aliphatic hydroxyl groups excluding tert-OH is 1. The van der Waals surface area contributed by atoms with Gasteiger partial charge in [-0.3, -0.25) is 0 Å². The first kappa shape index (κ1) is 11.0. The Labute approximate surface area is 80.0 Å². The molecule has 0 bridgehead atoms. The lowest BCUT2D eigenvalue weighted by atomic mass is 10.2. The van der Waals surface area contributed by atoms with E-state index in [1.165, 1.54) is 6.42 Å². The van der Waals surface area contributed by atoms with Crippen LogP contribution >= 0.6 is 0 Å². The molecule has 1 N–H and O–H groups in total. The molecule has 0 aromatic carbocycles. The Morgan fingerprint density at radius 1 is 1.54 bits per heavy atom. The van der Waals surface area contributed by atoms with Crippen molar-refractivity contribution >= 4 is 0 Å². The average molecular weight is 188 g/mol. The third-order valence-corrected chi connectivity index (χ3v) is 2.39. The van der Waals surface area contributed by atoms with Crippen LogP contribution in [-0.2, 0) is 9.47 Å². The fourth-order valence-electron chi connectivity index (χ4n) is 1.55. The molecule has 1 fully saturated rings. The summed E-state index contributed by atoms with van der Waals surface area (Å²) < 4.78 is 11.2. The van der Waals surface area contributed by atoms with E-state index in [1.807, 2.05) is 0 Å². The first-order valence-corrected chi connectivity index (χ1v) is 5.24. The highest BCUT2D eigenvalue weighted by molar-refractivity contribution is 4.59. The van der Waals surface area contributed by atoms with Crippen LogP contribution in [0.5, 0.6) is 0 Å². The lowest BCUT2D eigenvalue weighted by Gasteiger charge is -2.26. The van der Waals surface area contributed by atoms with Crippen LogP contribution in [0.1, 0.15) is 39.0 Å². The van der Waals surface area contributed by atoms with Gasteiger partial charge in [-0.1, -0.05) is 6.92 Å². The number of ether oxygens (including phenoxy) is 2. The van der Waals surface area contributed by atoms with Crippen LogP contribution < -0.4 is 0 Å². The van der Waals surface area contributed by atoms with Gasteiger partial charge >= 0.3 is 0 Å². The van der Waals surface area contributed by atoms with Crippen molar-refractivity contribution in [3.8, 4) is 0 Å². The molecule has 1 rings (SSSR count). The molecule has 0 aliphatic carbocycles. The summed E-state index contributed by atoms with van der Waals surface area (Å²) in [4.78, 5) is 0. The molecule has 2 atom stereocenters. The molecule has 3 nitrogen and oxygen atoms in total. The summed E-state index contributed by atoms with van der Waals surface area (Å²) in [7, 11) is 0. The van der Waals surface area contributed by atoms with Crippen molar-refractivity contribution in [2.45, 2.75) is 51.4 Å². The zero-order valence-corrected chi connectivity index (χ0v) is 8.37. The van der Waals surface area contributed by atoms with E-state index in [4.69, 9.17) is 14.6 Å². The number of hydrogen-bond acceptors (Lipinski definition) is 3. The maximum absolute atomic E-state index is 8.78. The topological polar surface area (TPSA) is 38.7 Å². The third-order valence-electron chi connectivity index (χ3n) is 2.39. The van der Waals surface area contributed by atoms with Crippen LogP contribution in [0, 0.1) is 0 Å². The predicted molar refractivity (Wildman–Crippen MR) is 50.5 cm³/mol. The molecule has 1 aliphatic rings. The fraction of sp³-hybridized carbons (Fsp3) is 1.00. The summed E-state index contributed by atoms with van der Waals surface area (Å²) in [6.45, 7) is 3.09. The summed E-state index contributed by atoms with van der Waals surface area (Å²) in [6.07, 6.45) is 5.15. The molecular weight excluding hydrogens is 168 g/mol. The second kappa shape index (κ2) is 6.35. The highest BCUT2D eigenvalue weighted by Crippen LogP contribution is 2.17. The second-order valence-corrected chi connectivity index (χ2v) is 3.47. The predicted octanol–water partition coefficient (Wildman–Crippen LogP) is 1.69. The molecule has 2 unspecified atom stereocenters. The fourth-order valence-corrected chi connectivity index (χ4v) is 1.55. The van der Waals surface area contributed by atoms with E-state index in [2.05, 4.69) is 6.92 Å². The number of aliphatic hydroxyl groups is 1. The third kappa shape index (κ3) is 4.07. The Balaban J connectivity index is 2.18. The molecule has 0 aromatic heterocycles. The molecule has 0 aromatic rings. The molecular formula is C10H20O3. The summed E-state index contributed by atoms with van der Waals surface area (Å²) in [5.74, 6) is 0. The van der Waals surface area contributed by atoms with E-state index in [9.17, 15) is 0 Å². The average Bonchev–Trinajstić information content (AvgIpc) is 2.19. The molecule has 1 aliphatic heterocycles. The van der Waals surface area contributed by atoms with Crippen molar-refractivity contribution in [3.63, 3.8) is 0 Å². The highest BCUT2D eigenvalue weighted by Gasteiger charge is 2.18. The Kier molecular flexibility index (Phi) is 5.35. The van der Waals surface area contributed by atoms with Crippen molar-refractivity contribution in [2.24, 2.45) is 0 Å². The van der Waals surface area contributed by atoms with Crippen molar-refractivity contribution in [2.75, 3.05) is 13.2 Å². The van der Waals surface area contributed by atoms with E-state index >= 15 is 0 Å². The largest absolute Gasteiger partial charge is 0.396 e. The number of rotatable bonds is 5. The van der Waals surface area contributed by atoms with Gasteiger partial charge < -0.3 is 14.6 Å². The van der Waals surface area contributed by atoms with Crippen molar-refractivity contribution in [3.05, 3.63) is 0 Å². The van der Waals surface area contributed by atoms with Crippen LogP contribution in [0.4, 0.5) is 0 Å². The van der Waals surface area contributed by atoms with Gasteiger partial charge in [-0.2, -0.15) is 0 Å². The van der Waals surface area contributed by atoms with E-state index in [-0.39, 0.29) is 19.0 Å². The molecule has 0 spiro atoms. The smallest absolute Gasteiger partial charge is 0.157 e. The van der Waals surface area contributed by atoms with E-state index in [0.29, 0.717) is 0 Å². The summed E-state index contributed by atoms with van der Waals surface area (Å²) in [5.41, 5.74) is 0. The lowest BCUT2D eigenvalue weighted by Crippen LogP contribution is -2.28. The Hall–Kier alpha value is -0.120. The van der Waals surface area contributed by atoms with Crippen LogP contribution in [0.25, 0.3) is 0 Å². The maximum Gasteiger partial charge on any atom is 0.157 e. The maximum atomic E-state index is 8.78. The molecule has 1 heterocycles. The van der Waals surface area contributed by atoms with Crippen LogP contribution in [0.3, 0.4) is 0 Å². The molecule has 0 radical (unpaired) electrons. The van der Waals surface area contributed by atoms with Gasteiger partial charge in [-0.05, 0) is 32.1 Å². The van der Waals surface area contributed by atoms with Gasteiger partial charge in [-0.25, -0.2) is 0 Å². The summed E-state index contributed by atoms with van der Waals surface area (Å²) >= 11 is 0. The van der Waals surface area contributed by atoms with Gasteiger partial charge in [0.1, 0.15) is 0 Å². The molecule has 0 amide bonds. The summed E-state index contributed by atoms with van der Waals surface area (Å²) in [5, 5.41) is 8.78. The van der Waals surface area contributed by atoms with E-state index < -0.39 is 0 Å². The highest BCUT2D eigenvalue weighted by atomic mass is 16.7. The standard InChI is InChI=1S/C10H20O3/c1-2-9(6-7-11)13-10-5-3-4-8-12-10/h9-11H,2-8H2,1H3. The van der Waals surface area contributed by atoms with Crippen molar-refractivity contribution in [1.82, 2.24) is 0 Å². The van der Waals surface area contributed by atoms with Gasteiger partial charge in [0.05, 0.1) is 6.10 Å². The van der Waals surface area contributed by atoms with Crippen LogP contribution in [0.2, 0.25) is 0 Å². The summed E-state index contributed by atoms with van der Waals surface area (Å²) in [6, 6.07) is 0. The molecule has 13 heavy (non-hydrogen) atoms. The molecule has 78 valence electrons. The van der Waals surface area contributed by atoms with Gasteiger partial charge in [-0.15, -0.1) is 0 Å². The SMILES string of the molecule is CCC(CCO)OC1CCCCO1. The Morgan fingerprint density at radius 2 is 2.38 bits per heavy atom. The van der Waals surface area contributed by atoms with E-state index in [0.717, 1.165) is 32.3 Å². The Morgan fingerprint density at radius 3 is 2.92 bits per heavy atom. The van der Waals surface area contributed by atoms with Crippen molar-refractivity contribution in [1.29, 1.82) is 0 Å². The molecule has 1 saturated heterocycles. The van der Waals surface area contributed by atoms with E-state index in [1.54, 1.807) is 0 Å². The minimum Gasteiger partial charge on any atom is -0.396 e. The minimum atomic E-state index is -0.0229. The minimum absolute atomic E-state index is 0.0229. The first-order chi connectivity index (χ1) is 6.36. The van der Waals surface area contributed by atoms with Gasteiger partial charge in [0.25, 0.3) is 0 Å². The second-order valence-electron chi connectivity index (χ2n) is 3.47. The first-order valence-electron chi connectivity index (χ1n) is 5.24. The quantitative estimate of drug-likeness (QED) is 0.713. The molecule has 0 saturated carbocycles. The monoisotopic (exact) mass is 188 g/mol. The van der Waals surface area contributed by atoms with Gasteiger partial charge in [0.15, 0.2) is 6.29 Å². The zero-order chi connectivity index (χ0) is 9.52. The number of hydrogen-bond donors (Lipinski definition) is 1. The normalized spacial score (nSPS) is 25.8. The van der Waals surface area contributed by atoms with Crippen molar-refractivity contribution < 1.29 is 14.6 Å². The van der Waals surface area contributed by atoms with Gasteiger partial charge in [0, 0.05) is 13.2 Å². The van der Waals surface area contributed by atoms with Crippen LogP contribution in [-0.4, -0.2) is 30.7 Å². The van der Waals surface area contributed by atoms with Gasteiger partial charge in [0.2, 0.25) is 0 Å².